The first-order valence-electron chi connectivity index (χ1n) is 13.0. The normalized spacial score (nSPS) is 26.5. The second kappa shape index (κ2) is 10.3. The van der Waals surface area contributed by atoms with Crippen LogP contribution in [0.3, 0.4) is 0 Å². The molecule has 2 aliphatic carbocycles. The number of nitrogens with zero attached hydrogens (tertiary/aromatic N) is 1. The van der Waals surface area contributed by atoms with Crippen LogP contribution in [0, 0.1) is 17.7 Å². The van der Waals surface area contributed by atoms with Gasteiger partial charge in [0.1, 0.15) is 5.82 Å². The highest BCUT2D eigenvalue weighted by molar-refractivity contribution is 5.92. The van der Waals surface area contributed by atoms with Crippen LogP contribution in [0.1, 0.15) is 66.9 Å². The quantitative estimate of drug-likeness (QED) is 0.355. The molecule has 2 aromatic carbocycles. The molecule has 39 heavy (non-hydrogen) atoms. The van der Waals surface area contributed by atoms with E-state index >= 15 is 0 Å². The molecule has 10 heteroatoms. The van der Waals surface area contributed by atoms with Gasteiger partial charge in [0.05, 0.1) is 23.3 Å². The van der Waals surface area contributed by atoms with Crippen molar-refractivity contribution in [1.29, 1.82) is 0 Å². The molecular weight excluding hydrogens is 527 g/mol. The summed E-state index contributed by atoms with van der Waals surface area (Å²) < 4.78 is 101. The van der Waals surface area contributed by atoms with Crippen LogP contribution in [0.4, 0.5) is 30.7 Å². The summed E-state index contributed by atoms with van der Waals surface area (Å²) in [7, 11) is 0. The third-order valence-electron chi connectivity index (χ3n) is 8.25. The van der Waals surface area contributed by atoms with Gasteiger partial charge in [-0.3, -0.25) is 4.79 Å². The minimum Gasteiger partial charge on any atom is -0.374 e. The topological polar surface area (TPSA) is 29.5 Å². The number of halogens is 7. The molecule has 0 N–H and O–H groups in total. The molecule has 1 aliphatic heterocycles. The Morgan fingerprint density at radius 2 is 1.54 bits per heavy atom. The van der Waals surface area contributed by atoms with Gasteiger partial charge in [-0.15, -0.1) is 0 Å². The minimum atomic E-state index is -4.95. The summed E-state index contributed by atoms with van der Waals surface area (Å²) in [6.45, 7) is 2.85. The van der Waals surface area contributed by atoms with Crippen molar-refractivity contribution in [3.63, 3.8) is 0 Å². The first-order valence-corrected chi connectivity index (χ1v) is 13.0. The van der Waals surface area contributed by atoms with Crippen molar-refractivity contribution in [3.8, 4) is 0 Å². The van der Waals surface area contributed by atoms with Crippen LogP contribution in [0.5, 0.6) is 0 Å². The van der Waals surface area contributed by atoms with E-state index in [0.717, 1.165) is 24.2 Å². The molecule has 3 aliphatic rings. The number of hydrogen-bond acceptors (Lipinski definition) is 3. The van der Waals surface area contributed by atoms with Gasteiger partial charge in [0.25, 0.3) is 0 Å². The summed E-state index contributed by atoms with van der Waals surface area (Å²) in [6, 6.07) is 7.53. The van der Waals surface area contributed by atoms with Gasteiger partial charge in [0, 0.05) is 37.2 Å². The maximum atomic E-state index is 13.8. The SMILES string of the molecule is C[C@@H](O[C@H]1CC[C@@H]2CN(C3=CC(=O)CC3)C[C@H]2C1c1ccc(F)cc1)c1cc(C(F)(F)F)cc(C(F)(F)F)c1. The number of alkyl halides is 6. The van der Waals surface area contributed by atoms with Crippen LogP contribution < -0.4 is 0 Å². The van der Waals surface area contributed by atoms with E-state index in [1.807, 2.05) is 0 Å². The molecule has 2 fully saturated rings. The molecule has 2 aromatic rings. The first kappa shape index (κ1) is 27.7. The summed E-state index contributed by atoms with van der Waals surface area (Å²) in [5.41, 5.74) is -1.18. The Morgan fingerprint density at radius 3 is 2.10 bits per heavy atom. The highest BCUT2D eigenvalue weighted by Gasteiger charge is 2.47. The summed E-state index contributed by atoms with van der Waals surface area (Å²) >= 11 is 0. The van der Waals surface area contributed by atoms with Gasteiger partial charge in [-0.2, -0.15) is 26.3 Å². The summed E-state index contributed by atoms with van der Waals surface area (Å²) in [4.78, 5) is 14.0. The number of likely N-dealkylation sites (tertiary alicyclic amines) is 1. The fourth-order valence-corrected chi connectivity index (χ4v) is 6.36. The van der Waals surface area contributed by atoms with Gasteiger partial charge in [-0.25, -0.2) is 4.39 Å². The molecule has 5 atom stereocenters. The number of fused-ring (bicyclic) bond motifs is 1. The monoisotopic (exact) mass is 555 g/mol. The van der Waals surface area contributed by atoms with Gasteiger partial charge >= 0.3 is 12.4 Å². The molecule has 1 saturated carbocycles. The Labute approximate surface area is 221 Å². The lowest BCUT2D eigenvalue weighted by Crippen LogP contribution is -2.38. The number of ketones is 1. The summed E-state index contributed by atoms with van der Waals surface area (Å²) in [5.74, 6) is -0.252. The van der Waals surface area contributed by atoms with Gasteiger partial charge in [0.2, 0.25) is 0 Å². The van der Waals surface area contributed by atoms with E-state index in [2.05, 4.69) is 4.90 Å². The Bertz CT molecular complexity index is 1220. The van der Waals surface area contributed by atoms with Crippen LogP contribution in [0.2, 0.25) is 0 Å². The highest BCUT2D eigenvalue weighted by Crippen LogP contribution is 2.49. The molecular formula is C29H28F7NO2. The average Bonchev–Trinajstić information content (AvgIpc) is 3.49. The molecule has 0 amide bonds. The zero-order valence-corrected chi connectivity index (χ0v) is 21.2. The molecule has 5 rings (SSSR count). The van der Waals surface area contributed by atoms with Crippen molar-refractivity contribution in [2.45, 2.75) is 63.1 Å². The second-order valence-electron chi connectivity index (χ2n) is 10.7. The molecule has 0 radical (unpaired) electrons. The molecule has 0 bridgehead atoms. The summed E-state index contributed by atoms with van der Waals surface area (Å²) in [5, 5.41) is 0. The fraction of sp³-hybridized carbons (Fsp3) is 0.483. The number of carbonyl (C=O) groups excluding carboxylic acids is 1. The van der Waals surface area contributed by atoms with Crippen LogP contribution >= 0.6 is 0 Å². The van der Waals surface area contributed by atoms with Gasteiger partial charge < -0.3 is 9.64 Å². The largest absolute Gasteiger partial charge is 0.416 e. The first-order chi connectivity index (χ1) is 18.3. The molecule has 210 valence electrons. The standard InChI is InChI=1S/C29H28F7NO2/c1-16(19-10-20(28(31,32)33)12-21(11-19)29(34,35)36)39-26-9-4-18-14-37(23-7-8-24(38)13-23)15-25(18)27(26)17-2-5-22(30)6-3-17/h2-3,5-6,10-13,16,18,25-27H,4,7-9,14-15H2,1H3/t16-,18-,25-,26+,27?/m1/s1. The Balaban J connectivity index is 1.45. The van der Waals surface area contributed by atoms with E-state index in [4.69, 9.17) is 4.74 Å². The fourth-order valence-electron chi connectivity index (χ4n) is 6.36. The molecule has 1 heterocycles. The summed E-state index contributed by atoms with van der Waals surface area (Å²) in [6.07, 6.45) is -7.33. The van der Waals surface area contributed by atoms with Crippen molar-refractivity contribution < 1.29 is 40.3 Å². The van der Waals surface area contributed by atoms with E-state index in [-0.39, 0.29) is 35.2 Å². The maximum absolute atomic E-state index is 13.8. The van der Waals surface area contributed by atoms with Gasteiger partial charge in [0.15, 0.2) is 5.78 Å². The van der Waals surface area contributed by atoms with E-state index < -0.39 is 41.5 Å². The average molecular weight is 556 g/mol. The number of rotatable bonds is 5. The van der Waals surface area contributed by atoms with Gasteiger partial charge in [-0.1, -0.05) is 12.1 Å². The Hall–Kier alpha value is -2.88. The van der Waals surface area contributed by atoms with Gasteiger partial charge in [-0.05, 0) is 79.5 Å². The van der Waals surface area contributed by atoms with Crippen molar-refractivity contribution in [3.05, 3.63) is 82.3 Å². The molecule has 1 unspecified atom stereocenters. The van der Waals surface area contributed by atoms with Crippen molar-refractivity contribution in [2.24, 2.45) is 11.8 Å². The second-order valence-corrected chi connectivity index (χ2v) is 10.7. The van der Waals surface area contributed by atoms with Crippen molar-refractivity contribution >= 4 is 5.78 Å². The lowest BCUT2D eigenvalue weighted by molar-refractivity contribution is -0.143. The maximum Gasteiger partial charge on any atom is 0.416 e. The number of carbonyl (C=O) groups is 1. The van der Waals surface area contributed by atoms with Crippen LogP contribution in [-0.2, 0) is 21.9 Å². The minimum absolute atomic E-state index is 0.0604. The van der Waals surface area contributed by atoms with Crippen LogP contribution in [0.15, 0.2) is 54.2 Å². The van der Waals surface area contributed by atoms with Crippen molar-refractivity contribution in [1.82, 2.24) is 4.90 Å². The Kier molecular flexibility index (Phi) is 7.28. The predicted molar refractivity (Wildman–Crippen MR) is 129 cm³/mol. The number of hydrogen-bond donors (Lipinski definition) is 0. The zero-order valence-electron chi connectivity index (χ0n) is 21.2. The number of allylic oxidation sites excluding steroid dienone is 2. The Morgan fingerprint density at radius 1 is 0.897 bits per heavy atom. The number of ether oxygens (including phenoxy) is 1. The van der Waals surface area contributed by atoms with E-state index in [1.54, 1.807) is 18.2 Å². The van der Waals surface area contributed by atoms with E-state index in [0.29, 0.717) is 37.9 Å². The van der Waals surface area contributed by atoms with E-state index in [9.17, 15) is 35.5 Å². The lowest BCUT2D eigenvalue weighted by atomic mass is 9.69. The molecule has 0 spiro atoms. The van der Waals surface area contributed by atoms with Crippen LogP contribution in [0.25, 0.3) is 0 Å². The molecule has 3 nitrogen and oxygen atoms in total. The smallest absolute Gasteiger partial charge is 0.374 e. The third kappa shape index (κ3) is 5.85. The van der Waals surface area contributed by atoms with Crippen molar-refractivity contribution in [2.75, 3.05) is 13.1 Å². The number of benzene rings is 2. The van der Waals surface area contributed by atoms with Crippen LogP contribution in [-0.4, -0.2) is 29.9 Å². The lowest BCUT2D eigenvalue weighted by Gasteiger charge is -2.41. The predicted octanol–water partition coefficient (Wildman–Crippen LogP) is 7.68. The zero-order chi connectivity index (χ0) is 28.1. The highest BCUT2D eigenvalue weighted by atomic mass is 19.4. The third-order valence-corrected chi connectivity index (χ3v) is 8.25. The molecule has 1 saturated heterocycles. The molecule has 0 aromatic heterocycles. The van der Waals surface area contributed by atoms with E-state index in [1.165, 1.54) is 19.1 Å².